The summed E-state index contributed by atoms with van der Waals surface area (Å²) in [6.07, 6.45) is 0.785. The third-order valence-corrected chi connectivity index (χ3v) is 0.809. The molecule has 0 spiro atoms. The van der Waals surface area contributed by atoms with Crippen molar-refractivity contribution >= 4 is 5.97 Å². The van der Waals surface area contributed by atoms with E-state index in [9.17, 15) is 9.90 Å². The fraction of sp³-hybridized carbons (Fsp3) is 0.571. The lowest BCUT2D eigenvalue weighted by Crippen LogP contribution is -2.11. The summed E-state index contributed by atoms with van der Waals surface area (Å²) < 4.78 is 8.93. The van der Waals surface area contributed by atoms with E-state index in [2.05, 4.69) is 9.47 Å². The average Bonchev–Trinajstić information content (AvgIpc) is 1.87. The lowest BCUT2D eigenvalue weighted by atomic mass is 10.6. The van der Waals surface area contributed by atoms with Gasteiger partial charge in [0, 0.05) is 6.08 Å². The van der Waals surface area contributed by atoms with Gasteiger partial charge in [-0.1, -0.05) is 6.92 Å². The molecule has 0 aliphatic carbocycles. The average molecular weight is 159 g/mol. The number of carbonyl (C=O) groups is 1. The molecule has 0 aromatic carbocycles. The Balaban J connectivity index is 3.76. The summed E-state index contributed by atoms with van der Waals surface area (Å²) in [6.45, 7) is 3.84. The van der Waals surface area contributed by atoms with Crippen molar-refractivity contribution in [2.75, 3.05) is 13.2 Å². The first-order valence-corrected chi connectivity index (χ1v) is 3.39. The van der Waals surface area contributed by atoms with Crippen LogP contribution in [0.15, 0.2) is 12.0 Å². The second kappa shape index (κ2) is 5.58. The minimum absolute atomic E-state index is 0.259. The lowest BCUT2D eigenvalue weighted by Gasteiger charge is -2.10. The van der Waals surface area contributed by atoms with E-state index < -0.39 is 11.9 Å². The third-order valence-electron chi connectivity index (χ3n) is 0.809. The van der Waals surface area contributed by atoms with Gasteiger partial charge in [0.1, 0.15) is 0 Å². The second-order valence-electron chi connectivity index (χ2n) is 1.65. The van der Waals surface area contributed by atoms with Gasteiger partial charge in [0.25, 0.3) is 0 Å². The Kier molecular flexibility index (Phi) is 4.98. The quantitative estimate of drug-likeness (QED) is 0.323. The van der Waals surface area contributed by atoms with Gasteiger partial charge in [-0.25, -0.2) is 4.79 Å². The number of esters is 1. The van der Waals surface area contributed by atoms with Crippen molar-refractivity contribution in [3.8, 4) is 0 Å². The van der Waals surface area contributed by atoms with Crippen LogP contribution in [0.5, 0.6) is 0 Å². The molecule has 4 heteroatoms. The molecule has 0 aliphatic heterocycles. The van der Waals surface area contributed by atoms with E-state index in [0.29, 0.717) is 0 Å². The van der Waals surface area contributed by atoms with Crippen molar-refractivity contribution in [3.05, 3.63) is 12.0 Å². The highest BCUT2D eigenvalue weighted by Crippen LogP contribution is 1.88. The Morgan fingerprint density at radius 1 is 1.36 bits per heavy atom. The molecule has 0 N–H and O–H groups in total. The number of hydrogen-bond acceptors (Lipinski definition) is 4. The summed E-state index contributed by atoms with van der Waals surface area (Å²) in [6, 6.07) is 0. The predicted molar refractivity (Wildman–Crippen MR) is 36.3 cm³/mol. The van der Waals surface area contributed by atoms with E-state index in [1.54, 1.807) is 13.8 Å². The van der Waals surface area contributed by atoms with Crippen molar-refractivity contribution in [2.45, 2.75) is 13.8 Å². The molecule has 0 saturated heterocycles. The summed E-state index contributed by atoms with van der Waals surface area (Å²) in [7, 11) is 0. The van der Waals surface area contributed by atoms with Crippen LogP contribution in [-0.2, 0) is 14.3 Å². The Morgan fingerprint density at radius 3 is 2.36 bits per heavy atom. The summed E-state index contributed by atoms with van der Waals surface area (Å²) in [4.78, 5) is 10.5. The SMILES string of the molecule is CCOC(=O)/C=C(/[O-])OCC. The van der Waals surface area contributed by atoms with Crippen LogP contribution in [0.2, 0.25) is 0 Å². The smallest absolute Gasteiger partial charge is 0.332 e. The Morgan fingerprint density at radius 2 is 1.91 bits per heavy atom. The summed E-state index contributed by atoms with van der Waals surface area (Å²) in [5, 5.41) is 10.5. The van der Waals surface area contributed by atoms with Gasteiger partial charge in [-0.15, -0.1) is 0 Å². The molecule has 4 nitrogen and oxygen atoms in total. The van der Waals surface area contributed by atoms with E-state index in [1.807, 2.05) is 0 Å². The van der Waals surface area contributed by atoms with Crippen LogP contribution >= 0.6 is 0 Å². The zero-order valence-electron chi connectivity index (χ0n) is 6.62. The van der Waals surface area contributed by atoms with Crippen LogP contribution in [0.3, 0.4) is 0 Å². The normalized spacial score (nSPS) is 10.9. The molecular formula is C7H11O4-. The number of carbonyl (C=O) groups excluding carboxylic acids is 1. The van der Waals surface area contributed by atoms with Crippen molar-refractivity contribution in [3.63, 3.8) is 0 Å². The predicted octanol–water partition coefficient (Wildman–Crippen LogP) is -0.212. The fourth-order valence-electron chi connectivity index (χ4n) is 0.464. The standard InChI is InChI=1S/C7H12O4/c1-3-10-6(8)5-7(9)11-4-2/h5,8H,3-4H2,1-2H3/p-1/b6-5-. The van der Waals surface area contributed by atoms with E-state index in [-0.39, 0.29) is 13.2 Å². The number of hydrogen-bond donors (Lipinski definition) is 0. The van der Waals surface area contributed by atoms with Crippen molar-refractivity contribution in [1.29, 1.82) is 0 Å². The van der Waals surface area contributed by atoms with Gasteiger partial charge in [-0.05, 0) is 13.5 Å². The summed E-state index contributed by atoms with van der Waals surface area (Å²) in [5.74, 6) is -1.32. The van der Waals surface area contributed by atoms with E-state index in [0.717, 1.165) is 6.08 Å². The molecule has 0 aromatic heterocycles. The molecule has 0 radical (unpaired) electrons. The van der Waals surface area contributed by atoms with Gasteiger partial charge in [0.05, 0.1) is 12.6 Å². The van der Waals surface area contributed by atoms with E-state index in [1.165, 1.54) is 0 Å². The van der Waals surface area contributed by atoms with Crippen molar-refractivity contribution in [1.82, 2.24) is 0 Å². The molecule has 0 rings (SSSR count). The van der Waals surface area contributed by atoms with Gasteiger partial charge in [-0.2, -0.15) is 0 Å². The topological polar surface area (TPSA) is 58.6 Å². The van der Waals surface area contributed by atoms with Crippen LogP contribution in [0.1, 0.15) is 13.8 Å². The molecule has 0 atom stereocenters. The van der Waals surface area contributed by atoms with Crippen LogP contribution in [0, 0.1) is 0 Å². The molecule has 64 valence electrons. The molecule has 0 fully saturated rings. The van der Waals surface area contributed by atoms with Crippen molar-refractivity contribution in [2.24, 2.45) is 0 Å². The van der Waals surface area contributed by atoms with Crippen molar-refractivity contribution < 1.29 is 19.4 Å². The maximum atomic E-state index is 10.5. The first-order valence-electron chi connectivity index (χ1n) is 3.39. The van der Waals surface area contributed by atoms with Gasteiger partial charge in [0.15, 0.2) is 0 Å². The second-order valence-corrected chi connectivity index (χ2v) is 1.65. The highest BCUT2D eigenvalue weighted by Gasteiger charge is 1.93. The van der Waals surface area contributed by atoms with E-state index in [4.69, 9.17) is 0 Å². The molecule has 0 aliphatic rings. The third kappa shape index (κ3) is 5.26. The molecule has 0 heterocycles. The monoisotopic (exact) mass is 159 g/mol. The first kappa shape index (κ1) is 9.81. The molecular weight excluding hydrogens is 148 g/mol. The lowest BCUT2D eigenvalue weighted by molar-refractivity contribution is -0.356. The summed E-state index contributed by atoms with van der Waals surface area (Å²) >= 11 is 0. The molecule has 0 unspecified atom stereocenters. The molecule has 0 aromatic rings. The Labute approximate surface area is 65.4 Å². The van der Waals surface area contributed by atoms with Gasteiger partial charge in [0.2, 0.25) is 0 Å². The molecule has 0 bridgehead atoms. The van der Waals surface area contributed by atoms with Crippen LogP contribution in [0.4, 0.5) is 0 Å². The largest absolute Gasteiger partial charge is 0.613 e. The highest BCUT2D eigenvalue weighted by atomic mass is 16.6. The maximum absolute atomic E-state index is 10.5. The molecule has 11 heavy (non-hydrogen) atoms. The van der Waals surface area contributed by atoms with Crippen LogP contribution in [0.25, 0.3) is 0 Å². The van der Waals surface area contributed by atoms with Crippen LogP contribution in [-0.4, -0.2) is 19.2 Å². The van der Waals surface area contributed by atoms with Gasteiger partial charge in [-0.3, -0.25) is 0 Å². The Hall–Kier alpha value is -1.19. The maximum Gasteiger partial charge on any atom is 0.332 e. The van der Waals surface area contributed by atoms with Gasteiger partial charge >= 0.3 is 5.97 Å². The highest BCUT2D eigenvalue weighted by molar-refractivity contribution is 5.81. The zero-order valence-corrected chi connectivity index (χ0v) is 6.62. The minimum Gasteiger partial charge on any atom is -0.613 e. The van der Waals surface area contributed by atoms with Crippen LogP contribution < -0.4 is 5.11 Å². The summed E-state index contributed by atoms with van der Waals surface area (Å²) in [5.41, 5.74) is 0. The minimum atomic E-state index is -0.661. The number of ether oxygens (including phenoxy) is 2. The fourth-order valence-corrected chi connectivity index (χ4v) is 0.464. The zero-order chi connectivity index (χ0) is 8.69. The molecule has 0 saturated carbocycles. The van der Waals surface area contributed by atoms with E-state index >= 15 is 0 Å². The van der Waals surface area contributed by atoms with Gasteiger partial charge < -0.3 is 14.6 Å². The Bertz CT molecular complexity index is 151. The molecule has 0 amide bonds. The first-order chi connectivity index (χ1) is 5.20. The number of rotatable bonds is 4.